The predicted molar refractivity (Wildman–Crippen MR) is 72.9 cm³/mol. The van der Waals surface area contributed by atoms with E-state index in [1.165, 1.54) is 10.9 Å². The van der Waals surface area contributed by atoms with E-state index in [0.29, 0.717) is 0 Å². The molecule has 0 saturated carbocycles. The van der Waals surface area contributed by atoms with Crippen LogP contribution in [0.25, 0.3) is 10.9 Å². The first kappa shape index (κ1) is 11.6. The molecule has 3 nitrogen and oxygen atoms in total. The summed E-state index contributed by atoms with van der Waals surface area (Å²) in [6.45, 7) is 2.00. The smallest absolute Gasteiger partial charge is 0.226 e. The Kier molecular flexibility index (Phi) is 2.59. The van der Waals surface area contributed by atoms with Crippen LogP contribution < -0.4 is 5.73 Å². The van der Waals surface area contributed by atoms with Gasteiger partial charge in [0.1, 0.15) is 0 Å². The minimum absolute atomic E-state index is 0.180. The van der Waals surface area contributed by atoms with E-state index in [2.05, 4.69) is 11.1 Å². The number of nitrogens with two attached hydrogens (primary N) is 1. The summed E-state index contributed by atoms with van der Waals surface area (Å²) in [5.74, 6) is -0.425. The molecule has 2 aromatic rings. The molecule has 1 heterocycles. The largest absolute Gasteiger partial charge is 0.369 e. The van der Waals surface area contributed by atoms with Crippen LogP contribution in [0.5, 0.6) is 0 Å². The molecule has 0 radical (unpaired) electrons. The minimum Gasteiger partial charge on any atom is -0.369 e. The zero-order valence-corrected chi connectivity index (χ0v) is 11.0. The summed E-state index contributed by atoms with van der Waals surface area (Å²) in [5, 5.41) is 1.93. The van der Waals surface area contributed by atoms with E-state index in [1.54, 1.807) is 0 Å². The highest BCUT2D eigenvalue weighted by molar-refractivity contribution is 6.32. The van der Waals surface area contributed by atoms with Gasteiger partial charge in [0.2, 0.25) is 5.91 Å². The van der Waals surface area contributed by atoms with E-state index in [4.69, 9.17) is 17.3 Å². The molecule has 0 spiro atoms. The Hall–Kier alpha value is -1.48. The van der Waals surface area contributed by atoms with Crippen LogP contribution in [0, 0.1) is 6.92 Å². The zero-order chi connectivity index (χ0) is 12.9. The fourth-order valence-corrected chi connectivity index (χ4v) is 3.04. The van der Waals surface area contributed by atoms with Gasteiger partial charge in [0.25, 0.3) is 0 Å². The summed E-state index contributed by atoms with van der Waals surface area (Å²) in [7, 11) is 0. The molecule has 3 rings (SSSR count). The molecule has 1 unspecified atom stereocenters. The number of aryl methyl sites for hydroxylation is 2. The van der Waals surface area contributed by atoms with Crippen molar-refractivity contribution in [3.05, 3.63) is 34.0 Å². The number of amides is 1. The molecular weight excluding hydrogens is 248 g/mol. The lowest BCUT2D eigenvalue weighted by molar-refractivity contribution is -0.119. The van der Waals surface area contributed by atoms with Gasteiger partial charge in [0.15, 0.2) is 0 Å². The highest BCUT2D eigenvalue weighted by Crippen LogP contribution is 2.37. The Morgan fingerprint density at radius 3 is 3.00 bits per heavy atom. The normalized spacial score (nSPS) is 18.9. The van der Waals surface area contributed by atoms with Crippen LogP contribution in [0.4, 0.5) is 0 Å². The maximum absolute atomic E-state index is 11.5. The predicted octanol–water partition coefficient (Wildman–Crippen LogP) is 3.03. The zero-order valence-electron chi connectivity index (χ0n) is 10.2. The van der Waals surface area contributed by atoms with Gasteiger partial charge in [-0.15, -0.1) is 0 Å². The van der Waals surface area contributed by atoms with E-state index in [-0.39, 0.29) is 11.8 Å². The van der Waals surface area contributed by atoms with Crippen LogP contribution in [-0.2, 0) is 11.2 Å². The second kappa shape index (κ2) is 4.02. The van der Waals surface area contributed by atoms with Crippen molar-refractivity contribution >= 4 is 28.4 Å². The lowest BCUT2D eigenvalue weighted by Gasteiger charge is -2.19. The number of rotatable bonds is 1. The Balaban J connectivity index is 2.27. The highest BCUT2D eigenvalue weighted by Gasteiger charge is 2.28. The van der Waals surface area contributed by atoms with Crippen LogP contribution in [0.2, 0.25) is 5.02 Å². The summed E-state index contributed by atoms with van der Waals surface area (Å²) in [6.07, 6.45) is 2.84. The number of fused-ring (bicyclic) bond motifs is 3. The maximum atomic E-state index is 11.5. The van der Waals surface area contributed by atoms with Crippen LogP contribution in [0.3, 0.4) is 0 Å². The standard InChI is InChI=1S/C14H15ClN2O/c1-7-5-10-8-3-2-4-9(14(16)18)13(8)17-12(10)6-11(7)15/h5-6,9,17H,2-4H2,1H3,(H2,16,18). The third kappa shape index (κ3) is 1.62. The van der Waals surface area contributed by atoms with Crippen molar-refractivity contribution in [2.75, 3.05) is 0 Å². The molecule has 1 aliphatic carbocycles. The summed E-state index contributed by atoms with van der Waals surface area (Å²) >= 11 is 6.14. The average Bonchev–Trinajstić information content (AvgIpc) is 2.67. The lowest BCUT2D eigenvalue weighted by Crippen LogP contribution is -2.24. The first-order valence-corrected chi connectivity index (χ1v) is 6.55. The second-order valence-corrected chi connectivity index (χ2v) is 5.42. The highest BCUT2D eigenvalue weighted by atomic mass is 35.5. The third-order valence-electron chi connectivity index (χ3n) is 3.83. The third-order valence-corrected chi connectivity index (χ3v) is 4.24. The number of carbonyl (C=O) groups is 1. The van der Waals surface area contributed by atoms with E-state index >= 15 is 0 Å². The van der Waals surface area contributed by atoms with Crippen molar-refractivity contribution in [1.82, 2.24) is 4.98 Å². The van der Waals surface area contributed by atoms with E-state index in [9.17, 15) is 4.79 Å². The molecule has 18 heavy (non-hydrogen) atoms. The van der Waals surface area contributed by atoms with Crippen molar-refractivity contribution in [3.8, 4) is 0 Å². The molecule has 3 N–H and O–H groups in total. The van der Waals surface area contributed by atoms with E-state index in [1.807, 2.05) is 13.0 Å². The van der Waals surface area contributed by atoms with Crippen molar-refractivity contribution in [1.29, 1.82) is 0 Å². The number of primary amides is 1. The van der Waals surface area contributed by atoms with Gasteiger partial charge in [0, 0.05) is 21.6 Å². The quantitative estimate of drug-likeness (QED) is 0.815. The Labute approximate surface area is 110 Å². The number of hydrogen-bond donors (Lipinski definition) is 2. The molecule has 94 valence electrons. The number of benzene rings is 1. The van der Waals surface area contributed by atoms with Gasteiger partial charge in [-0.25, -0.2) is 0 Å². The van der Waals surface area contributed by atoms with Crippen molar-refractivity contribution in [2.45, 2.75) is 32.1 Å². The van der Waals surface area contributed by atoms with Crippen LogP contribution in [0.15, 0.2) is 12.1 Å². The van der Waals surface area contributed by atoms with Gasteiger partial charge in [-0.2, -0.15) is 0 Å². The molecule has 0 saturated heterocycles. The monoisotopic (exact) mass is 262 g/mol. The molecular formula is C14H15ClN2O. The molecule has 4 heteroatoms. The fraction of sp³-hybridized carbons (Fsp3) is 0.357. The topological polar surface area (TPSA) is 58.9 Å². The van der Waals surface area contributed by atoms with E-state index in [0.717, 1.165) is 41.1 Å². The maximum Gasteiger partial charge on any atom is 0.226 e. The molecule has 0 fully saturated rings. The lowest BCUT2D eigenvalue weighted by atomic mass is 9.86. The molecule has 0 aliphatic heterocycles. The van der Waals surface area contributed by atoms with Gasteiger partial charge in [-0.05, 0) is 49.4 Å². The van der Waals surface area contributed by atoms with Gasteiger partial charge in [-0.1, -0.05) is 11.6 Å². The number of aromatic nitrogens is 1. The van der Waals surface area contributed by atoms with Crippen molar-refractivity contribution < 1.29 is 4.79 Å². The van der Waals surface area contributed by atoms with Gasteiger partial charge < -0.3 is 10.7 Å². The van der Waals surface area contributed by atoms with E-state index < -0.39 is 0 Å². The number of aromatic amines is 1. The Morgan fingerprint density at radius 2 is 2.28 bits per heavy atom. The Morgan fingerprint density at radius 1 is 1.50 bits per heavy atom. The van der Waals surface area contributed by atoms with Crippen molar-refractivity contribution in [2.24, 2.45) is 5.73 Å². The number of carbonyl (C=O) groups excluding carboxylic acids is 1. The summed E-state index contributed by atoms with van der Waals surface area (Å²) in [4.78, 5) is 14.8. The van der Waals surface area contributed by atoms with Gasteiger partial charge >= 0.3 is 0 Å². The molecule has 1 aromatic heterocycles. The molecule has 1 aromatic carbocycles. The number of nitrogens with one attached hydrogen (secondary N) is 1. The molecule has 1 atom stereocenters. The number of hydrogen-bond acceptors (Lipinski definition) is 1. The second-order valence-electron chi connectivity index (χ2n) is 5.01. The molecule has 0 bridgehead atoms. The van der Waals surface area contributed by atoms with Crippen LogP contribution in [0.1, 0.15) is 35.6 Å². The first-order chi connectivity index (χ1) is 8.58. The summed E-state index contributed by atoms with van der Waals surface area (Å²) < 4.78 is 0. The molecule has 1 aliphatic rings. The number of H-pyrrole nitrogens is 1. The molecule has 1 amide bonds. The van der Waals surface area contributed by atoms with Crippen LogP contribution >= 0.6 is 11.6 Å². The van der Waals surface area contributed by atoms with Crippen molar-refractivity contribution in [3.63, 3.8) is 0 Å². The van der Waals surface area contributed by atoms with Gasteiger partial charge in [-0.3, -0.25) is 4.79 Å². The Bertz CT molecular complexity index is 645. The first-order valence-electron chi connectivity index (χ1n) is 6.18. The summed E-state index contributed by atoms with van der Waals surface area (Å²) in [6, 6.07) is 4.03. The summed E-state index contributed by atoms with van der Waals surface area (Å²) in [5.41, 5.74) is 9.77. The SMILES string of the molecule is Cc1cc2c3c([nH]c2cc1Cl)C(C(N)=O)CCC3. The minimum atomic E-state index is -0.245. The average molecular weight is 263 g/mol. The van der Waals surface area contributed by atoms with Crippen LogP contribution in [-0.4, -0.2) is 10.9 Å². The van der Waals surface area contributed by atoms with Gasteiger partial charge in [0.05, 0.1) is 5.92 Å². The fourth-order valence-electron chi connectivity index (χ4n) is 2.88. The number of halogens is 1.